The predicted molar refractivity (Wildman–Crippen MR) is 84.0 cm³/mol. The van der Waals surface area contributed by atoms with Gasteiger partial charge in [0.25, 0.3) is 0 Å². The molecule has 1 fully saturated rings. The van der Waals surface area contributed by atoms with E-state index in [2.05, 4.69) is 28.4 Å². The third-order valence-corrected chi connectivity index (χ3v) is 4.10. The van der Waals surface area contributed by atoms with Crippen LogP contribution in [0.2, 0.25) is 0 Å². The molecular weight excluding hydrogens is 276 g/mol. The van der Waals surface area contributed by atoms with Crippen molar-refractivity contribution in [2.24, 2.45) is 5.92 Å². The van der Waals surface area contributed by atoms with Crippen molar-refractivity contribution >= 4 is 5.91 Å². The number of hydrogen-bond donors (Lipinski definition) is 1. The highest BCUT2D eigenvalue weighted by Gasteiger charge is 2.34. The van der Waals surface area contributed by atoms with Gasteiger partial charge in [-0.05, 0) is 49.8 Å². The van der Waals surface area contributed by atoms with E-state index >= 15 is 0 Å². The van der Waals surface area contributed by atoms with Crippen molar-refractivity contribution in [3.05, 3.63) is 48.0 Å². The molecule has 2 aromatic heterocycles. The number of carbonyl (C=O) groups is 1. The lowest BCUT2D eigenvalue weighted by atomic mass is 10.0. The highest BCUT2D eigenvalue weighted by molar-refractivity contribution is 5.76. The van der Waals surface area contributed by atoms with Gasteiger partial charge >= 0.3 is 0 Å². The Kier molecular flexibility index (Phi) is 4.51. The van der Waals surface area contributed by atoms with Gasteiger partial charge in [-0.2, -0.15) is 5.10 Å². The van der Waals surface area contributed by atoms with Gasteiger partial charge in [-0.3, -0.25) is 14.5 Å². The number of nitrogens with zero attached hydrogens (tertiary/aromatic N) is 3. The van der Waals surface area contributed by atoms with Crippen LogP contribution in [0.25, 0.3) is 0 Å². The number of aryl methyl sites for hydroxylation is 2. The van der Waals surface area contributed by atoms with Gasteiger partial charge in [0.15, 0.2) is 0 Å². The summed E-state index contributed by atoms with van der Waals surface area (Å²) in [5, 5.41) is 7.33. The minimum absolute atomic E-state index is 0.0680. The average Bonchev–Trinajstić information content (AvgIpc) is 3.23. The number of hydrogen-bond acceptors (Lipinski definition) is 3. The van der Waals surface area contributed by atoms with E-state index in [0.717, 1.165) is 24.2 Å². The second-order valence-corrected chi connectivity index (χ2v) is 5.96. The zero-order chi connectivity index (χ0) is 15.4. The van der Waals surface area contributed by atoms with Crippen LogP contribution in [0, 0.1) is 12.8 Å². The van der Waals surface area contributed by atoms with Crippen molar-refractivity contribution in [3.63, 3.8) is 0 Å². The largest absolute Gasteiger partial charge is 0.347 e. The minimum Gasteiger partial charge on any atom is -0.347 e. The lowest BCUT2D eigenvalue weighted by molar-refractivity contribution is -0.122. The van der Waals surface area contributed by atoms with E-state index in [1.54, 1.807) is 6.20 Å². The zero-order valence-electron chi connectivity index (χ0n) is 12.9. The Morgan fingerprint density at radius 1 is 1.41 bits per heavy atom. The number of amides is 1. The van der Waals surface area contributed by atoms with E-state index in [1.165, 1.54) is 12.8 Å². The first kappa shape index (κ1) is 14.8. The third-order valence-electron chi connectivity index (χ3n) is 4.10. The van der Waals surface area contributed by atoms with Crippen molar-refractivity contribution in [2.75, 3.05) is 0 Å². The first-order valence-electron chi connectivity index (χ1n) is 7.92. The lowest BCUT2D eigenvalue weighted by Crippen LogP contribution is -2.31. The molecule has 1 amide bonds. The maximum Gasteiger partial charge on any atom is 0.220 e. The smallest absolute Gasteiger partial charge is 0.220 e. The van der Waals surface area contributed by atoms with Crippen molar-refractivity contribution in [3.8, 4) is 0 Å². The van der Waals surface area contributed by atoms with Crippen LogP contribution in [0.5, 0.6) is 0 Å². The van der Waals surface area contributed by atoms with E-state index < -0.39 is 0 Å². The molecule has 0 bridgehead atoms. The Labute approximate surface area is 130 Å². The summed E-state index contributed by atoms with van der Waals surface area (Å²) in [6, 6.07) is 5.96. The van der Waals surface area contributed by atoms with Gasteiger partial charge in [-0.25, -0.2) is 0 Å². The van der Waals surface area contributed by atoms with Gasteiger partial charge in [-0.15, -0.1) is 0 Å². The van der Waals surface area contributed by atoms with E-state index in [-0.39, 0.29) is 11.9 Å². The highest BCUT2D eigenvalue weighted by Crippen LogP contribution is 2.41. The summed E-state index contributed by atoms with van der Waals surface area (Å²) in [6.07, 6.45) is 9.15. The molecule has 1 aliphatic carbocycles. The number of aromatic nitrogens is 3. The maximum absolute atomic E-state index is 12.2. The van der Waals surface area contributed by atoms with Crippen LogP contribution in [0.1, 0.15) is 43.0 Å². The predicted octanol–water partition coefficient (Wildman–Crippen LogP) is 2.63. The van der Waals surface area contributed by atoms with Gasteiger partial charge < -0.3 is 5.32 Å². The molecule has 0 aromatic carbocycles. The Morgan fingerprint density at radius 2 is 2.27 bits per heavy atom. The summed E-state index contributed by atoms with van der Waals surface area (Å²) in [7, 11) is 0. The molecule has 116 valence electrons. The molecule has 22 heavy (non-hydrogen) atoms. The van der Waals surface area contributed by atoms with Crippen molar-refractivity contribution in [1.29, 1.82) is 0 Å². The molecule has 0 aliphatic heterocycles. The van der Waals surface area contributed by atoms with E-state index in [9.17, 15) is 4.79 Å². The highest BCUT2D eigenvalue weighted by atomic mass is 16.1. The molecule has 0 saturated heterocycles. The second-order valence-electron chi connectivity index (χ2n) is 5.96. The van der Waals surface area contributed by atoms with E-state index in [0.29, 0.717) is 12.3 Å². The summed E-state index contributed by atoms with van der Waals surface area (Å²) in [5.74, 6) is 0.651. The standard InChI is InChI=1S/C17H22N4O/c1-13-5-2-9-18-16(13)17(14-7-8-14)20-15(22)6-3-11-21-12-4-10-19-21/h2,4-5,9-10,12,14,17H,3,6-8,11H2,1H3,(H,20,22)/t17-/m1/s1. The molecule has 3 rings (SSSR count). The van der Waals surface area contributed by atoms with Crippen molar-refractivity contribution in [1.82, 2.24) is 20.1 Å². The normalized spacial score (nSPS) is 15.5. The Morgan fingerprint density at radius 3 is 2.95 bits per heavy atom. The summed E-state index contributed by atoms with van der Waals surface area (Å²) >= 11 is 0. The number of rotatable bonds is 7. The quantitative estimate of drug-likeness (QED) is 0.855. The fourth-order valence-electron chi connectivity index (χ4n) is 2.74. The topological polar surface area (TPSA) is 59.8 Å². The monoisotopic (exact) mass is 298 g/mol. The van der Waals surface area contributed by atoms with Gasteiger partial charge in [0, 0.05) is 31.6 Å². The SMILES string of the molecule is Cc1cccnc1[C@H](NC(=O)CCCn1cccn1)C1CC1. The molecule has 0 unspecified atom stereocenters. The van der Waals surface area contributed by atoms with E-state index in [4.69, 9.17) is 0 Å². The first-order chi connectivity index (χ1) is 10.7. The third kappa shape index (κ3) is 3.72. The van der Waals surface area contributed by atoms with Crippen LogP contribution in [0.4, 0.5) is 0 Å². The lowest BCUT2D eigenvalue weighted by Gasteiger charge is -2.19. The summed E-state index contributed by atoms with van der Waals surface area (Å²) in [6.45, 7) is 2.83. The molecular formula is C17H22N4O. The molecule has 1 saturated carbocycles. The Balaban J connectivity index is 1.55. The van der Waals surface area contributed by atoms with Crippen LogP contribution >= 0.6 is 0 Å². The number of nitrogens with one attached hydrogen (secondary N) is 1. The van der Waals surface area contributed by atoms with Crippen molar-refractivity contribution in [2.45, 2.75) is 45.2 Å². The van der Waals surface area contributed by atoms with Crippen LogP contribution in [-0.2, 0) is 11.3 Å². The molecule has 0 spiro atoms. The molecule has 0 radical (unpaired) electrons. The number of pyridine rings is 1. The molecule has 1 N–H and O–H groups in total. The second kappa shape index (κ2) is 6.73. The van der Waals surface area contributed by atoms with Gasteiger partial charge in [0.05, 0.1) is 11.7 Å². The Hall–Kier alpha value is -2.17. The molecule has 2 heterocycles. The van der Waals surface area contributed by atoms with Crippen LogP contribution < -0.4 is 5.32 Å². The van der Waals surface area contributed by atoms with Gasteiger partial charge in [0.1, 0.15) is 0 Å². The fourth-order valence-corrected chi connectivity index (χ4v) is 2.74. The summed E-state index contributed by atoms with van der Waals surface area (Å²) in [4.78, 5) is 16.7. The first-order valence-corrected chi connectivity index (χ1v) is 7.92. The van der Waals surface area contributed by atoms with Crippen molar-refractivity contribution < 1.29 is 4.79 Å². The van der Waals surface area contributed by atoms with Crippen LogP contribution in [0.3, 0.4) is 0 Å². The average molecular weight is 298 g/mol. The molecule has 2 aromatic rings. The summed E-state index contributed by atoms with van der Waals surface area (Å²) in [5.41, 5.74) is 2.17. The van der Waals surface area contributed by atoms with Gasteiger partial charge in [-0.1, -0.05) is 6.07 Å². The van der Waals surface area contributed by atoms with Crippen LogP contribution in [-0.4, -0.2) is 20.7 Å². The molecule has 1 atom stereocenters. The number of carbonyl (C=O) groups excluding carboxylic acids is 1. The summed E-state index contributed by atoms with van der Waals surface area (Å²) < 4.78 is 1.86. The van der Waals surface area contributed by atoms with Gasteiger partial charge in [0.2, 0.25) is 5.91 Å². The Bertz CT molecular complexity index is 619. The van der Waals surface area contributed by atoms with Crippen LogP contribution in [0.15, 0.2) is 36.8 Å². The van der Waals surface area contributed by atoms with E-state index in [1.807, 2.05) is 29.2 Å². The molecule has 1 aliphatic rings. The zero-order valence-corrected chi connectivity index (χ0v) is 12.9. The minimum atomic E-state index is 0.0680. The maximum atomic E-state index is 12.2. The molecule has 5 nitrogen and oxygen atoms in total. The molecule has 5 heteroatoms. The fraction of sp³-hybridized carbons (Fsp3) is 0.471.